The maximum absolute atomic E-state index is 12.9. The fourth-order valence-electron chi connectivity index (χ4n) is 2.15. The van der Waals surface area contributed by atoms with Crippen LogP contribution in [-0.2, 0) is 7.05 Å². The molecular formula is C17H12FIN2O. The van der Waals surface area contributed by atoms with E-state index < -0.39 is 0 Å². The first-order chi connectivity index (χ1) is 10.5. The molecule has 22 heavy (non-hydrogen) atoms. The Balaban J connectivity index is 2.07. The van der Waals surface area contributed by atoms with Gasteiger partial charge in [0, 0.05) is 10.6 Å². The Morgan fingerprint density at radius 2 is 1.86 bits per heavy atom. The van der Waals surface area contributed by atoms with Crippen molar-refractivity contribution in [1.29, 1.82) is 0 Å². The topological polar surface area (TPSA) is 34.9 Å². The van der Waals surface area contributed by atoms with Gasteiger partial charge in [-0.25, -0.2) is 9.37 Å². The lowest BCUT2D eigenvalue weighted by molar-refractivity contribution is 0.628. The van der Waals surface area contributed by atoms with Crippen molar-refractivity contribution in [1.82, 2.24) is 9.55 Å². The Hall–Kier alpha value is -2.02. The van der Waals surface area contributed by atoms with Crippen molar-refractivity contribution in [3.05, 3.63) is 73.6 Å². The molecular weight excluding hydrogens is 394 g/mol. The highest BCUT2D eigenvalue weighted by atomic mass is 127. The molecule has 0 radical (unpaired) electrons. The Morgan fingerprint density at radius 1 is 1.14 bits per heavy atom. The minimum Gasteiger partial charge on any atom is -0.296 e. The number of fused-ring (bicyclic) bond motifs is 1. The van der Waals surface area contributed by atoms with Crippen LogP contribution in [0.5, 0.6) is 0 Å². The maximum atomic E-state index is 12.9. The average Bonchev–Trinajstić information content (AvgIpc) is 2.52. The van der Waals surface area contributed by atoms with Gasteiger partial charge in [-0.2, -0.15) is 0 Å². The van der Waals surface area contributed by atoms with Gasteiger partial charge in [0.15, 0.2) is 0 Å². The molecule has 0 aliphatic heterocycles. The number of aromatic nitrogens is 2. The molecule has 2 aromatic carbocycles. The van der Waals surface area contributed by atoms with Gasteiger partial charge in [0.2, 0.25) is 0 Å². The van der Waals surface area contributed by atoms with Crippen LogP contribution in [0, 0.1) is 9.39 Å². The molecule has 0 saturated heterocycles. The quantitative estimate of drug-likeness (QED) is 0.607. The zero-order valence-corrected chi connectivity index (χ0v) is 13.9. The minimum absolute atomic E-state index is 0.0812. The molecule has 0 aliphatic rings. The summed E-state index contributed by atoms with van der Waals surface area (Å²) in [7, 11) is 1.69. The lowest BCUT2D eigenvalue weighted by atomic mass is 10.2. The Morgan fingerprint density at radius 3 is 2.59 bits per heavy atom. The lowest BCUT2D eigenvalue weighted by Crippen LogP contribution is -2.20. The molecule has 0 unspecified atom stereocenters. The molecule has 3 aromatic rings. The highest BCUT2D eigenvalue weighted by Gasteiger charge is 2.06. The van der Waals surface area contributed by atoms with Gasteiger partial charge < -0.3 is 0 Å². The Labute approximate surface area is 140 Å². The van der Waals surface area contributed by atoms with Gasteiger partial charge in [0.05, 0.1) is 10.9 Å². The number of hydrogen-bond acceptors (Lipinski definition) is 2. The monoisotopic (exact) mass is 406 g/mol. The van der Waals surface area contributed by atoms with E-state index >= 15 is 0 Å². The van der Waals surface area contributed by atoms with Crippen LogP contribution in [0.15, 0.2) is 47.3 Å². The van der Waals surface area contributed by atoms with Gasteiger partial charge in [0.1, 0.15) is 11.6 Å². The first kappa shape index (κ1) is 14.9. The zero-order valence-electron chi connectivity index (χ0n) is 11.8. The lowest BCUT2D eigenvalue weighted by Gasteiger charge is -2.06. The maximum Gasteiger partial charge on any atom is 0.261 e. The van der Waals surface area contributed by atoms with E-state index in [4.69, 9.17) is 0 Å². The zero-order chi connectivity index (χ0) is 15.7. The summed E-state index contributed by atoms with van der Waals surface area (Å²) in [5.41, 5.74) is 1.43. The number of hydrogen-bond donors (Lipinski definition) is 0. The van der Waals surface area contributed by atoms with Crippen LogP contribution < -0.4 is 5.56 Å². The van der Waals surface area contributed by atoms with E-state index in [1.165, 1.54) is 16.7 Å². The molecule has 0 bridgehead atoms. The first-order valence-corrected chi connectivity index (χ1v) is 7.72. The van der Waals surface area contributed by atoms with Crippen molar-refractivity contribution in [2.24, 2.45) is 7.05 Å². The molecule has 0 fully saturated rings. The molecule has 0 saturated carbocycles. The molecule has 110 valence electrons. The standard InChI is InChI=1S/C17H12FIN2O/c1-21-16(9-4-11-2-5-12(18)6-3-11)20-15-8-7-13(19)10-14(15)17(21)22/h2-10H,1H3/b9-4-. The van der Waals surface area contributed by atoms with Gasteiger partial charge in [-0.1, -0.05) is 18.2 Å². The van der Waals surface area contributed by atoms with Gasteiger partial charge in [0.25, 0.3) is 5.56 Å². The second-order valence-corrected chi connectivity index (χ2v) is 6.13. The number of halogens is 2. The van der Waals surface area contributed by atoms with Crippen molar-refractivity contribution in [2.75, 3.05) is 0 Å². The number of benzene rings is 2. The van der Waals surface area contributed by atoms with E-state index in [2.05, 4.69) is 27.6 Å². The summed E-state index contributed by atoms with van der Waals surface area (Å²) in [4.78, 5) is 16.9. The van der Waals surface area contributed by atoms with E-state index in [9.17, 15) is 9.18 Å². The molecule has 0 spiro atoms. The van der Waals surface area contributed by atoms with E-state index in [-0.39, 0.29) is 11.4 Å². The second-order valence-electron chi connectivity index (χ2n) is 4.88. The average molecular weight is 406 g/mol. The fourth-order valence-corrected chi connectivity index (χ4v) is 2.65. The third-order valence-electron chi connectivity index (χ3n) is 3.37. The highest BCUT2D eigenvalue weighted by Crippen LogP contribution is 2.14. The molecule has 0 N–H and O–H groups in total. The SMILES string of the molecule is Cn1c(/C=C\c2ccc(F)cc2)nc2ccc(I)cc2c1=O. The van der Waals surface area contributed by atoms with Gasteiger partial charge in [-0.15, -0.1) is 0 Å². The summed E-state index contributed by atoms with van der Waals surface area (Å²) in [5, 5.41) is 0.605. The normalized spacial score (nSPS) is 11.4. The van der Waals surface area contributed by atoms with E-state index in [0.29, 0.717) is 16.7 Å². The predicted octanol–water partition coefficient (Wildman–Crippen LogP) is 3.85. The summed E-state index contributed by atoms with van der Waals surface area (Å²) in [6, 6.07) is 11.7. The van der Waals surface area contributed by atoms with Crippen molar-refractivity contribution in [2.45, 2.75) is 0 Å². The van der Waals surface area contributed by atoms with Crippen LogP contribution >= 0.6 is 22.6 Å². The molecule has 3 rings (SSSR count). The smallest absolute Gasteiger partial charge is 0.261 e. The second kappa shape index (κ2) is 6.00. The molecule has 5 heteroatoms. The molecule has 0 amide bonds. The van der Waals surface area contributed by atoms with Crippen LogP contribution in [0.3, 0.4) is 0 Å². The van der Waals surface area contributed by atoms with Gasteiger partial charge in [-0.05, 0) is 64.6 Å². The molecule has 0 atom stereocenters. The van der Waals surface area contributed by atoms with Crippen molar-refractivity contribution < 1.29 is 4.39 Å². The number of nitrogens with zero attached hydrogens (tertiary/aromatic N) is 2. The molecule has 0 aliphatic carbocycles. The summed E-state index contributed by atoms with van der Waals surface area (Å²) in [6.45, 7) is 0. The third kappa shape index (κ3) is 2.94. The van der Waals surface area contributed by atoms with Crippen LogP contribution in [0.4, 0.5) is 4.39 Å². The fraction of sp³-hybridized carbons (Fsp3) is 0.0588. The summed E-state index contributed by atoms with van der Waals surface area (Å²) in [5.74, 6) is 0.283. The van der Waals surface area contributed by atoms with Crippen LogP contribution in [0.1, 0.15) is 11.4 Å². The third-order valence-corrected chi connectivity index (χ3v) is 4.04. The Kier molecular flexibility index (Phi) is 4.06. The van der Waals surface area contributed by atoms with Crippen LogP contribution in [-0.4, -0.2) is 9.55 Å². The predicted molar refractivity (Wildman–Crippen MR) is 95.0 cm³/mol. The number of rotatable bonds is 2. The largest absolute Gasteiger partial charge is 0.296 e. The van der Waals surface area contributed by atoms with E-state index in [1.807, 2.05) is 18.2 Å². The van der Waals surface area contributed by atoms with Crippen LogP contribution in [0.2, 0.25) is 0 Å². The van der Waals surface area contributed by atoms with E-state index in [0.717, 1.165) is 9.13 Å². The first-order valence-electron chi connectivity index (χ1n) is 6.64. The van der Waals surface area contributed by atoms with Crippen molar-refractivity contribution >= 4 is 45.6 Å². The van der Waals surface area contributed by atoms with Gasteiger partial charge in [-0.3, -0.25) is 9.36 Å². The molecule has 3 nitrogen and oxygen atoms in total. The summed E-state index contributed by atoms with van der Waals surface area (Å²) >= 11 is 2.17. The van der Waals surface area contributed by atoms with Crippen LogP contribution in [0.25, 0.3) is 23.1 Å². The minimum atomic E-state index is -0.275. The molecule has 1 aromatic heterocycles. The summed E-state index contributed by atoms with van der Waals surface area (Å²) < 4.78 is 15.4. The summed E-state index contributed by atoms with van der Waals surface area (Å²) in [6.07, 6.45) is 3.56. The highest BCUT2D eigenvalue weighted by molar-refractivity contribution is 14.1. The van der Waals surface area contributed by atoms with Crippen molar-refractivity contribution in [3.63, 3.8) is 0 Å². The Bertz CT molecular complexity index is 930. The van der Waals surface area contributed by atoms with Gasteiger partial charge >= 0.3 is 0 Å². The molecule has 1 heterocycles. The van der Waals surface area contributed by atoms with E-state index in [1.54, 1.807) is 31.3 Å². The van der Waals surface area contributed by atoms with Crippen molar-refractivity contribution in [3.8, 4) is 0 Å².